The number of rotatable bonds is 4. The van der Waals surface area contributed by atoms with Crippen molar-refractivity contribution in [2.24, 2.45) is 0 Å². The lowest BCUT2D eigenvalue weighted by Crippen LogP contribution is -2.40. The highest BCUT2D eigenvalue weighted by atomic mass is 35.5. The molecule has 0 aliphatic heterocycles. The van der Waals surface area contributed by atoms with Crippen LogP contribution < -0.4 is 5.32 Å². The molecule has 6 heteroatoms. The van der Waals surface area contributed by atoms with E-state index in [9.17, 15) is 14.7 Å². The summed E-state index contributed by atoms with van der Waals surface area (Å²) in [6.07, 6.45) is 0. The van der Waals surface area contributed by atoms with Gasteiger partial charge in [-0.05, 0) is 32.0 Å². The summed E-state index contributed by atoms with van der Waals surface area (Å²) >= 11 is 5.90. The topological polar surface area (TPSA) is 69.6 Å². The Morgan fingerprint density at radius 3 is 2.63 bits per heavy atom. The van der Waals surface area contributed by atoms with Crippen LogP contribution in [-0.2, 0) is 4.79 Å². The van der Waals surface area contributed by atoms with Crippen molar-refractivity contribution in [2.75, 3.05) is 13.6 Å². The second kappa shape index (κ2) is 6.43. The number of carbonyl (C=O) groups is 2. The van der Waals surface area contributed by atoms with Crippen molar-refractivity contribution in [2.45, 2.75) is 19.9 Å². The minimum Gasteiger partial charge on any atom is -0.508 e. The van der Waals surface area contributed by atoms with E-state index in [1.165, 1.54) is 30.1 Å². The molecule has 19 heavy (non-hydrogen) atoms. The van der Waals surface area contributed by atoms with Crippen LogP contribution in [0.3, 0.4) is 0 Å². The van der Waals surface area contributed by atoms with Gasteiger partial charge in [0.05, 0.1) is 17.1 Å². The van der Waals surface area contributed by atoms with E-state index in [1.54, 1.807) is 0 Å². The Balaban J connectivity index is 2.77. The monoisotopic (exact) mass is 284 g/mol. The number of amides is 2. The van der Waals surface area contributed by atoms with Crippen molar-refractivity contribution in [3.8, 4) is 5.75 Å². The molecule has 104 valence electrons. The zero-order valence-electron chi connectivity index (χ0n) is 11.1. The number of nitrogens with one attached hydrogen (secondary N) is 1. The highest BCUT2D eigenvalue weighted by molar-refractivity contribution is 6.33. The molecule has 0 aliphatic rings. The summed E-state index contributed by atoms with van der Waals surface area (Å²) in [5.74, 6) is -0.713. The Morgan fingerprint density at radius 1 is 1.42 bits per heavy atom. The van der Waals surface area contributed by atoms with Crippen LogP contribution in [0.5, 0.6) is 5.75 Å². The average Bonchev–Trinajstić information content (AvgIpc) is 2.30. The maximum Gasteiger partial charge on any atom is 0.255 e. The van der Waals surface area contributed by atoms with Gasteiger partial charge in [-0.15, -0.1) is 0 Å². The molecule has 0 atom stereocenters. The van der Waals surface area contributed by atoms with E-state index in [4.69, 9.17) is 11.6 Å². The summed E-state index contributed by atoms with van der Waals surface area (Å²) in [5.41, 5.74) is 0.168. The Bertz CT molecular complexity index is 489. The molecule has 1 rings (SSSR count). The molecule has 1 aromatic rings. The van der Waals surface area contributed by atoms with Gasteiger partial charge in [0.2, 0.25) is 5.91 Å². The fourth-order valence-electron chi connectivity index (χ4n) is 1.54. The molecule has 5 nitrogen and oxygen atoms in total. The van der Waals surface area contributed by atoms with E-state index >= 15 is 0 Å². The number of benzene rings is 1. The molecule has 1 aromatic carbocycles. The number of hydrogen-bond acceptors (Lipinski definition) is 3. The van der Waals surface area contributed by atoms with Gasteiger partial charge in [-0.25, -0.2) is 0 Å². The molecule has 0 bridgehead atoms. The molecule has 0 radical (unpaired) electrons. The van der Waals surface area contributed by atoms with Crippen LogP contribution in [0.25, 0.3) is 0 Å². The molecule has 0 fully saturated rings. The third-order valence-electron chi connectivity index (χ3n) is 2.36. The van der Waals surface area contributed by atoms with Gasteiger partial charge >= 0.3 is 0 Å². The second-order valence-electron chi connectivity index (χ2n) is 4.55. The van der Waals surface area contributed by atoms with E-state index in [0.29, 0.717) is 0 Å². The largest absolute Gasteiger partial charge is 0.508 e. The quantitative estimate of drug-likeness (QED) is 0.883. The van der Waals surface area contributed by atoms with Gasteiger partial charge in [-0.1, -0.05) is 11.6 Å². The van der Waals surface area contributed by atoms with Gasteiger partial charge in [0.1, 0.15) is 5.75 Å². The molecule has 2 amide bonds. The SMILES string of the molecule is CC(C)NC(=O)CN(C)C(=O)c1cc(O)ccc1Cl. The fourth-order valence-corrected chi connectivity index (χ4v) is 1.74. The van der Waals surface area contributed by atoms with E-state index in [-0.39, 0.29) is 34.8 Å². The first-order chi connectivity index (χ1) is 8.81. The normalized spacial score (nSPS) is 10.4. The molecule has 0 unspecified atom stereocenters. The second-order valence-corrected chi connectivity index (χ2v) is 4.95. The van der Waals surface area contributed by atoms with Crippen LogP contribution in [0.2, 0.25) is 5.02 Å². The van der Waals surface area contributed by atoms with E-state index in [0.717, 1.165) is 0 Å². The van der Waals surface area contributed by atoms with Crippen LogP contribution in [0.15, 0.2) is 18.2 Å². The Morgan fingerprint density at radius 2 is 2.05 bits per heavy atom. The number of carbonyl (C=O) groups excluding carboxylic acids is 2. The number of likely N-dealkylation sites (N-methyl/N-ethyl adjacent to an activating group) is 1. The van der Waals surface area contributed by atoms with Crippen molar-refractivity contribution in [3.05, 3.63) is 28.8 Å². The minimum atomic E-state index is -0.417. The zero-order chi connectivity index (χ0) is 14.6. The lowest BCUT2D eigenvalue weighted by molar-refractivity contribution is -0.122. The van der Waals surface area contributed by atoms with Crippen LogP contribution >= 0.6 is 11.6 Å². The van der Waals surface area contributed by atoms with Crippen molar-refractivity contribution in [1.29, 1.82) is 0 Å². The molecule has 0 saturated carbocycles. The summed E-state index contributed by atoms with van der Waals surface area (Å²) in [4.78, 5) is 24.9. The van der Waals surface area contributed by atoms with E-state index in [1.807, 2.05) is 13.8 Å². The third kappa shape index (κ3) is 4.44. The maximum atomic E-state index is 12.1. The number of aromatic hydroxyl groups is 1. The van der Waals surface area contributed by atoms with Gasteiger partial charge in [0.15, 0.2) is 0 Å². The molecule has 0 aromatic heterocycles. The number of nitrogens with zero attached hydrogens (tertiary/aromatic N) is 1. The fraction of sp³-hybridized carbons (Fsp3) is 0.385. The van der Waals surface area contributed by atoms with E-state index in [2.05, 4.69) is 5.32 Å². The van der Waals surface area contributed by atoms with Gasteiger partial charge in [0, 0.05) is 13.1 Å². The van der Waals surface area contributed by atoms with Gasteiger partial charge in [-0.2, -0.15) is 0 Å². The van der Waals surface area contributed by atoms with Crippen molar-refractivity contribution < 1.29 is 14.7 Å². The summed E-state index contributed by atoms with van der Waals surface area (Å²) in [5, 5.41) is 12.3. The predicted molar refractivity (Wildman–Crippen MR) is 73.4 cm³/mol. The molecule has 2 N–H and O–H groups in total. The predicted octanol–water partition coefficient (Wildman–Crippen LogP) is 1.64. The third-order valence-corrected chi connectivity index (χ3v) is 2.69. The molecule has 0 heterocycles. The van der Waals surface area contributed by atoms with Crippen molar-refractivity contribution in [1.82, 2.24) is 10.2 Å². The number of phenols is 1. The van der Waals surface area contributed by atoms with Crippen LogP contribution in [-0.4, -0.2) is 41.5 Å². The van der Waals surface area contributed by atoms with E-state index < -0.39 is 5.91 Å². The molecular formula is C13H17ClN2O3. The highest BCUT2D eigenvalue weighted by Gasteiger charge is 2.18. The van der Waals surface area contributed by atoms with Crippen LogP contribution in [0.1, 0.15) is 24.2 Å². The van der Waals surface area contributed by atoms with Crippen LogP contribution in [0, 0.1) is 0 Å². The highest BCUT2D eigenvalue weighted by Crippen LogP contribution is 2.22. The Labute approximate surface area is 117 Å². The summed E-state index contributed by atoms with van der Waals surface area (Å²) in [6.45, 7) is 3.61. The summed E-state index contributed by atoms with van der Waals surface area (Å²) in [7, 11) is 1.50. The zero-order valence-corrected chi connectivity index (χ0v) is 11.9. The molecule has 0 aliphatic carbocycles. The molecule has 0 saturated heterocycles. The van der Waals surface area contributed by atoms with Gasteiger partial charge < -0.3 is 15.3 Å². The molecular weight excluding hydrogens is 268 g/mol. The van der Waals surface area contributed by atoms with Crippen LogP contribution in [0.4, 0.5) is 0 Å². The lowest BCUT2D eigenvalue weighted by atomic mass is 10.2. The van der Waals surface area contributed by atoms with Gasteiger partial charge in [0.25, 0.3) is 5.91 Å². The maximum absolute atomic E-state index is 12.1. The molecule has 0 spiro atoms. The Hall–Kier alpha value is -1.75. The number of halogens is 1. The minimum absolute atomic E-state index is 0.0142. The van der Waals surface area contributed by atoms with Gasteiger partial charge in [-0.3, -0.25) is 9.59 Å². The summed E-state index contributed by atoms with van der Waals surface area (Å²) < 4.78 is 0. The lowest BCUT2D eigenvalue weighted by Gasteiger charge is -2.18. The number of hydrogen-bond donors (Lipinski definition) is 2. The summed E-state index contributed by atoms with van der Waals surface area (Å²) in [6, 6.07) is 4.12. The first-order valence-corrected chi connectivity index (χ1v) is 6.22. The Kier molecular flexibility index (Phi) is 5.18. The standard InChI is InChI=1S/C13H17ClN2O3/c1-8(2)15-12(18)7-16(3)13(19)10-6-9(17)4-5-11(10)14/h4-6,8,17H,7H2,1-3H3,(H,15,18). The number of phenolic OH excluding ortho intramolecular Hbond substituents is 1. The van der Waals surface area contributed by atoms with Crippen molar-refractivity contribution in [3.63, 3.8) is 0 Å². The smallest absolute Gasteiger partial charge is 0.255 e. The van der Waals surface area contributed by atoms with Crippen molar-refractivity contribution >= 4 is 23.4 Å². The average molecular weight is 285 g/mol. The first-order valence-electron chi connectivity index (χ1n) is 5.84. The first kappa shape index (κ1) is 15.3.